The minimum absolute atomic E-state index is 0.276. The lowest BCUT2D eigenvalue weighted by atomic mass is 9.88. The Morgan fingerprint density at radius 1 is 1.29 bits per heavy atom. The molecular formula is C13H17N3O. The van der Waals surface area contributed by atoms with Crippen LogP contribution in [0.5, 0.6) is 0 Å². The second-order valence-corrected chi connectivity index (χ2v) is 5.32. The monoisotopic (exact) mass is 231 g/mol. The van der Waals surface area contributed by atoms with E-state index in [4.69, 9.17) is 5.73 Å². The summed E-state index contributed by atoms with van der Waals surface area (Å²) in [6, 6.07) is 5.45. The largest absolute Gasteiger partial charge is 0.399 e. The number of aliphatic hydroxyl groups excluding tert-OH is 1. The van der Waals surface area contributed by atoms with Gasteiger partial charge in [-0.3, -0.25) is 0 Å². The summed E-state index contributed by atoms with van der Waals surface area (Å²) in [5, 5.41) is 11.0. The van der Waals surface area contributed by atoms with Gasteiger partial charge in [0.2, 0.25) is 0 Å². The van der Waals surface area contributed by atoms with Crippen LogP contribution in [0.3, 0.4) is 0 Å². The predicted molar refractivity (Wildman–Crippen MR) is 68.4 cm³/mol. The standard InChI is InChI=1S/C13H17N3O/c1-13(2,3)11(17)12-15-7-8-6-9(14)4-5-10(8)16-12/h4-7,11,17H,14H2,1-3H3/t11-/m1/s1. The lowest BCUT2D eigenvalue weighted by Gasteiger charge is -2.24. The molecule has 17 heavy (non-hydrogen) atoms. The second-order valence-electron chi connectivity index (χ2n) is 5.32. The van der Waals surface area contributed by atoms with Crippen LogP contribution in [0.1, 0.15) is 32.7 Å². The van der Waals surface area contributed by atoms with Crippen LogP contribution in [0.2, 0.25) is 0 Å². The Morgan fingerprint density at radius 2 is 2.00 bits per heavy atom. The summed E-state index contributed by atoms with van der Waals surface area (Å²) in [5.41, 5.74) is 6.89. The molecule has 1 heterocycles. The first-order valence-electron chi connectivity index (χ1n) is 5.58. The average Bonchev–Trinajstić information content (AvgIpc) is 2.26. The third kappa shape index (κ3) is 2.36. The summed E-state index contributed by atoms with van der Waals surface area (Å²) in [5.74, 6) is 0.453. The number of aliphatic hydroxyl groups is 1. The molecule has 0 bridgehead atoms. The van der Waals surface area contributed by atoms with Crippen LogP contribution in [0.15, 0.2) is 24.4 Å². The molecule has 0 spiro atoms. The minimum Gasteiger partial charge on any atom is -0.399 e. The molecule has 3 N–H and O–H groups in total. The first kappa shape index (κ1) is 11.8. The van der Waals surface area contributed by atoms with Crippen molar-refractivity contribution in [1.82, 2.24) is 9.97 Å². The molecule has 2 rings (SSSR count). The zero-order chi connectivity index (χ0) is 12.6. The van der Waals surface area contributed by atoms with Gasteiger partial charge in [-0.1, -0.05) is 20.8 Å². The number of fused-ring (bicyclic) bond motifs is 1. The van der Waals surface area contributed by atoms with Crippen molar-refractivity contribution in [1.29, 1.82) is 0 Å². The van der Waals surface area contributed by atoms with E-state index < -0.39 is 6.10 Å². The van der Waals surface area contributed by atoms with E-state index in [9.17, 15) is 5.11 Å². The quantitative estimate of drug-likeness (QED) is 0.739. The zero-order valence-electron chi connectivity index (χ0n) is 10.3. The van der Waals surface area contributed by atoms with Gasteiger partial charge in [-0.15, -0.1) is 0 Å². The number of benzene rings is 1. The Kier molecular flexibility index (Phi) is 2.75. The maximum Gasteiger partial charge on any atom is 0.158 e. The Bertz CT molecular complexity index is 546. The maximum atomic E-state index is 10.1. The minimum atomic E-state index is -0.676. The van der Waals surface area contributed by atoms with E-state index in [0.717, 1.165) is 10.9 Å². The van der Waals surface area contributed by atoms with Crippen molar-refractivity contribution in [3.05, 3.63) is 30.2 Å². The van der Waals surface area contributed by atoms with Gasteiger partial charge in [-0.05, 0) is 23.6 Å². The summed E-state index contributed by atoms with van der Waals surface area (Å²) in [4.78, 5) is 8.56. The number of hydrogen-bond acceptors (Lipinski definition) is 4. The van der Waals surface area contributed by atoms with Gasteiger partial charge >= 0.3 is 0 Å². The van der Waals surface area contributed by atoms with Crippen LogP contribution in [0, 0.1) is 5.41 Å². The molecule has 0 saturated carbocycles. The van der Waals surface area contributed by atoms with Gasteiger partial charge in [-0.2, -0.15) is 0 Å². The van der Waals surface area contributed by atoms with E-state index in [1.54, 1.807) is 12.3 Å². The number of anilines is 1. The molecule has 0 fully saturated rings. The van der Waals surface area contributed by atoms with E-state index in [1.807, 2.05) is 32.9 Å². The van der Waals surface area contributed by atoms with E-state index >= 15 is 0 Å². The summed E-state index contributed by atoms with van der Waals surface area (Å²) < 4.78 is 0. The van der Waals surface area contributed by atoms with Crippen molar-refractivity contribution in [3.8, 4) is 0 Å². The molecule has 0 radical (unpaired) electrons. The van der Waals surface area contributed by atoms with Crippen molar-refractivity contribution >= 4 is 16.6 Å². The fraction of sp³-hybridized carbons (Fsp3) is 0.385. The predicted octanol–water partition coefficient (Wildman–Crippen LogP) is 2.29. The molecule has 90 valence electrons. The van der Waals surface area contributed by atoms with Crippen molar-refractivity contribution in [2.24, 2.45) is 5.41 Å². The lowest BCUT2D eigenvalue weighted by Crippen LogP contribution is -2.20. The number of hydrogen-bond donors (Lipinski definition) is 2. The van der Waals surface area contributed by atoms with Crippen LogP contribution in [0.4, 0.5) is 5.69 Å². The maximum absolute atomic E-state index is 10.1. The summed E-state index contributed by atoms with van der Waals surface area (Å²) in [7, 11) is 0. The first-order valence-corrected chi connectivity index (χ1v) is 5.58. The van der Waals surface area contributed by atoms with E-state index in [0.29, 0.717) is 11.5 Å². The Balaban J connectivity index is 2.48. The van der Waals surface area contributed by atoms with Gasteiger partial charge in [0.15, 0.2) is 5.82 Å². The van der Waals surface area contributed by atoms with Gasteiger partial charge in [-0.25, -0.2) is 9.97 Å². The zero-order valence-corrected chi connectivity index (χ0v) is 10.3. The first-order chi connectivity index (χ1) is 7.88. The molecule has 0 aliphatic heterocycles. The second kappa shape index (κ2) is 3.96. The molecule has 4 heteroatoms. The molecule has 4 nitrogen and oxygen atoms in total. The lowest BCUT2D eigenvalue weighted by molar-refractivity contribution is 0.0552. The molecule has 0 aliphatic carbocycles. The van der Waals surface area contributed by atoms with E-state index in [1.165, 1.54) is 0 Å². The van der Waals surface area contributed by atoms with Crippen LogP contribution in [0.25, 0.3) is 10.9 Å². The SMILES string of the molecule is CC(C)(C)[C@H](O)c1ncc2cc(N)ccc2n1. The molecule has 0 saturated heterocycles. The molecule has 0 unspecified atom stereocenters. The molecule has 0 amide bonds. The average molecular weight is 231 g/mol. The van der Waals surface area contributed by atoms with Gasteiger partial charge in [0.05, 0.1) is 5.52 Å². The molecule has 1 aromatic heterocycles. The van der Waals surface area contributed by atoms with E-state index in [-0.39, 0.29) is 5.41 Å². The number of nitrogens with two attached hydrogens (primary N) is 1. The highest BCUT2D eigenvalue weighted by Gasteiger charge is 2.26. The van der Waals surface area contributed by atoms with Crippen LogP contribution < -0.4 is 5.73 Å². The van der Waals surface area contributed by atoms with Crippen LogP contribution in [-0.4, -0.2) is 15.1 Å². The highest BCUT2D eigenvalue weighted by molar-refractivity contribution is 5.81. The smallest absolute Gasteiger partial charge is 0.158 e. The molecule has 1 atom stereocenters. The summed E-state index contributed by atoms with van der Waals surface area (Å²) >= 11 is 0. The fourth-order valence-corrected chi connectivity index (χ4v) is 1.59. The van der Waals surface area contributed by atoms with Gasteiger partial charge < -0.3 is 10.8 Å². The Hall–Kier alpha value is -1.68. The number of nitrogens with zero attached hydrogens (tertiary/aromatic N) is 2. The topological polar surface area (TPSA) is 72.0 Å². The third-order valence-electron chi connectivity index (χ3n) is 2.69. The third-order valence-corrected chi connectivity index (χ3v) is 2.69. The van der Waals surface area contributed by atoms with Crippen LogP contribution >= 0.6 is 0 Å². The van der Waals surface area contributed by atoms with Gasteiger partial charge in [0.25, 0.3) is 0 Å². The molecular weight excluding hydrogens is 214 g/mol. The molecule has 0 aliphatic rings. The van der Waals surface area contributed by atoms with Crippen molar-refractivity contribution in [3.63, 3.8) is 0 Å². The summed E-state index contributed by atoms with van der Waals surface area (Å²) in [6.45, 7) is 5.86. The summed E-state index contributed by atoms with van der Waals surface area (Å²) in [6.07, 6.45) is 1.02. The van der Waals surface area contributed by atoms with Gasteiger partial charge in [0, 0.05) is 17.3 Å². The van der Waals surface area contributed by atoms with Gasteiger partial charge in [0.1, 0.15) is 6.10 Å². The number of rotatable bonds is 1. The van der Waals surface area contributed by atoms with Crippen molar-refractivity contribution in [2.45, 2.75) is 26.9 Å². The molecule has 2 aromatic rings. The van der Waals surface area contributed by atoms with Crippen molar-refractivity contribution < 1.29 is 5.11 Å². The highest BCUT2D eigenvalue weighted by atomic mass is 16.3. The fourth-order valence-electron chi connectivity index (χ4n) is 1.59. The van der Waals surface area contributed by atoms with Crippen molar-refractivity contribution in [2.75, 3.05) is 5.73 Å². The number of aromatic nitrogens is 2. The molecule has 1 aromatic carbocycles. The Morgan fingerprint density at radius 3 is 2.65 bits per heavy atom. The number of nitrogen functional groups attached to an aromatic ring is 1. The van der Waals surface area contributed by atoms with Crippen LogP contribution in [-0.2, 0) is 0 Å². The normalized spacial score (nSPS) is 13.9. The Labute approximate surface area is 101 Å². The van der Waals surface area contributed by atoms with E-state index in [2.05, 4.69) is 9.97 Å². The highest BCUT2D eigenvalue weighted by Crippen LogP contribution is 2.31.